The molecule has 2 atom stereocenters. The van der Waals surface area contributed by atoms with Gasteiger partial charge in [0.2, 0.25) is 5.91 Å². The molecular formula is C15H16F3NO4. The number of hydrogen-bond donors (Lipinski definition) is 1. The van der Waals surface area contributed by atoms with Gasteiger partial charge in [-0.15, -0.1) is 13.2 Å². The van der Waals surface area contributed by atoms with Crippen LogP contribution in [-0.4, -0.2) is 30.4 Å². The zero-order chi connectivity index (χ0) is 17.2. The quantitative estimate of drug-likeness (QED) is 0.921. The average Bonchev–Trinajstić information content (AvgIpc) is 2.94. The van der Waals surface area contributed by atoms with Crippen LogP contribution in [0.15, 0.2) is 24.3 Å². The fraction of sp³-hybridized carbons (Fsp3) is 0.467. The van der Waals surface area contributed by atoms with E-state index in [0.717, 1.165) is 12.1 Å². The molecule has 23 heavy (non-hydrogen) atoms. The van der Waals surface area contributed by atoms with Crippen molar-refractivity contribution in [2.75, 3.05) is 11.9 Å². The van der Waals surface area contributed by atoms with Crippen molar-refractivity contribution in [3.05, 3.63) is 24.3 Å². The minimum Gasteiger partial charge on any atom is -0.481 e. The zero-order valence-corrected chi connectivity index (χ0v) is 12.3. The Morgan fingerprint density at radius 2 is 1.91 bits per heavy atom. The van der Waals surface area contributed by atoms with Gasteiger partial charge >= 0.3 is 12.3 Å². The van der Waals surface area contributed by atoms with Gasteiger partial charge in [0, 0.05) is 24.7 Å². The molecule has 8 heteroatoms. The summed E-state index contributed by atoms with van der Waals surface area (Å²) in [6.45, 7) is 0. The second kappa shape index (κ2) is 6.47. The summed E-state index contributed by atoms with van der Waals surface area (Å²) in [6.07, 6.45) is -3.67. The number of carbonyl (C=O) groups excluding carboxylic acids is 1. The highest BCUT2D eigenvalue weighted by molar-refractivity contribution is 5.95. The first-order valence-electron chi connectivity index (χ1n) is 7.03. The Kier molecular flexibility index (Phi) is 4.82. The molecule has 2 rings (SSSR count). The Balaban J connectivity index is 2.08. The minimum absolute atomic E-state index is 0.247. The van der Waals surface area contributed by atoms with Crippen molar-refractivity contribution in [1.82, 2.24) is 0 Å². The average molecular weight is 331 g/mol. The van der Waals surface area contributed by atoms with Crippen molar-refractivity contribution < 1.29 is 32.6 Å². The van der Waals surface area contributed by atoms with Crippen LogP contribution in [0.25, 0.3) is 0 Å². The van der Waals surface area contributed by atoms with Gasteiger partial charge < -0.3 is 14.7 Å². The van der Waals surface area contributed by atoms with Gasteiger partial charge in [0.1, 0.15) is 5.75 Å². The van der Waals surface area contributed by atoms with E-state index >= 15 is 0 Å². The van der Waals surface area contributed by atoms with E-state index < -0.39 is 29.9 Å². The number of rotatable bonds is 4. The first-order valence-corrected chi connectivity index (χ1v) is 7.03. The summed E-state index contributed by atoms with van der Waals surface area (Å²) in [5.74, 6) is -2.63. The summed E-state index contributed by atoms with van der Waals surface area (Å²) < 4.78 is 40.5. The number of amides is 1. The van der Waals surface area contributed by atoms with Gasteiger partial charge in [-0.1, -0.05) is 6.07 Å². The van der Waals surface area contributed by atoms with Gasteiger partial charge in [-0.2, -0.15) is 0 Å². The molecule has 5 nitrogen and oxygen atoms in total. The lowest BCUT2D eigenvalue weighted by molar-refractivity contribution is -0.274. The van der Waals surface area contributed by atoms with Crippen LogP contribution in [0.1, 0.15) is 19.3 Å². The molecule has 0 aromatic heterocycles. The number of carboxylic acid groups (broad SMARTS) is 1. The summed E-state index contributed by atoms with van der Waals surface area (Å²) in [7, 11) is 1.45. The third-order valence-corrected chi connectivity index (χ3v) is 3.90. The van der Waals surface area contributed by atoms with Crippen molar-refractivity contribution in [3.8, 4) is 5.75 Å². The van der Waals surface area contributed by atoms with Gasteiger partial charge in [-0.05, 0) is 31.4 Å². The molecule has 126 valence electrons. The molecule has 1 amide bonds. The number of carbonyl (C=O) groups is 2. The van der Waals surface area contributed by atoms with E-state index in [2.05, 4.69) is 4.74 Å². The molecule has 0 saturated heterocycles. The molecule has 0 spiro atoms. The van der Waals surface area contributed by atoms with Gasteiger partial charge in [0.15, 0.2) is 0 Å². The van der Waals surface area contributed by atoms with Crippen LogP contribution < -0.4 is 9.64 Å². The number of hydrogen-bond acceptors (Lipinski definition) is 3. The molecule has 1 aromatic rings. The molecule has 0 radical (unpaired) electrons. The first-order chi connectivity index (χ1) is 10.7. The third-order valence-electron chi connectivity index (χ3n) is 3.90. The maximum absolute atomic E-state index is 12.4. The number of nitrogens with zero attached hydrogens (tertiary/aromatic N) is 1. The maximum Gasteiger partial charge on any atom is 0.573 e. The number of alkyl halides is 3. The van der Waals surface area contributed by atoms with E-state index in [9.17, 15) is 22.8 Å². The Morgan fingerprint density at radius 1 is 1.26 bits per heavy atom. The SMILES string of the molecule is CN(C(=O)[C@@H]1CC[C@H](C(=O)O)C1)c1cccc(OC(F)(F)F)c1. The van der Waals surface area contributed by atoms with E-state index in [1.54, 1.807) is 0 Å². The van der Waals surface area contributed by atoms with Gasteiger partial charge in [0.05, 0.1) is 5.92 Å². The lowest BCUT2D eigenvalue weighted by Crippen LogP contribution is -2.32. The highest BCUT2D eigenvalue weighted by atomic mass is 19.4. The molecular weight excluding hydrogens is 315 g/mol. The molecule has 1 fully saturated rings. The predicted octanol–water partition coefficient (Wildman–Crippen LogP) is 3.05. The van der Waals surface area contributed by atoms with Crippen molar-refractivity contribution in [2.45, 2.75) is 25.6 Å². The van der Waals surface area contributed by atoms with Crippen LogP contribution in [-0.2, 0) is 9.59 Å². The molecule has 0 unspecified atom stereocenters. The lowest BCUT2D eigenvalue weighted by atomic mass is 10.0. The summed E-state index contributed by atoms with van der Waals surface area (Å²) in [5.41, 5.74) is 0.260. The number of anilines is 1. The Morgan fingerprint density at radius 3 is 2.48 bits per heavy atom. The molecule has 1 aromatic carbocycles. The van der Waals surface area contributed by atoms with E-state index in [0.29, 0.717) is 12.8 Å². The molecule has 1 aliphatic carbocycles. The number of carboxylic acids is 1. The highest BCUT2D eigenvalue weighted by Crippen LogP contribution is 2.34. The summed E-state index contributed by atoms with van der Waals surface area (Å²) in [6, 6.07) is 5.11. The van der Waals surface area contributed by atoms with Crippen molar-refractivity contribution >= 4 is 17.6 Å². The first kappa shape index (κ1) is 17.1. The van der Waals surface area contributed by atoms with Crippen LogP contribution in [0.3, 0.4) is 0 Å². The second-order valence-electron chi connectivity index (χ2n) is 5.49. The Bertz CT molecular complexity index is 603. The van der Waals surface area contributed by atoms with E-state index in [1.165, 1.54) is 24.1 Å². The van der Waals surface area contributed by atoms with E-state index in [-0.39, 0.29) is 18.0 Å². The molecule has 1 aliphatic rings. The van der Waals surface area contributed by atoms with Gasteiger partial charge in [-0.3, -0.25) is 9.59 Å². The lowest BCUT2D eigenvalue weighted by Gasteiger charge is -2.22. The number of aliphatic carboxylic acids is 1. The summed E-state index contributed by atoms with van der Waals surface area (Å²) in [4.78, 5) is 24.6. The topological polar surface area (TPSA) is 66.8 Å². The van der Waals surface area contributed by atoms with Crippen LogP contribution in [0, 0.1) is 11.8 Å². The highest BCUT2D eigenvalue weighted by Gasteiger charge is 2.36. The third kappa shape index (κ3) is 4.37. The molecule has 1 N–H and O–H groups in total. The molecule has 0 aliphatic heterocycles. The summed E-state index contributed by atoms with van der Waals surface area (Å²) >= 11 is 0. The molecule has 0 bridgehead atoms. The monoisotopic (exact) mass is 331 g/mol. The van der Waals surface area contributed by atoms with Gasteiger partial charge in [-0.25, -0.2) is 0 Å². The van der Waals surface area contributed by atoms with Gasteiger partial charge in [0.25, 0.3) is 0 Å². The Labute approximate surface area is 130 Å². The fourth-order valence-electron chi connectivity index (χ4n) is 2.72. The maximum atomic E-state index is 12.4. The van der Waals surface area contributed by atoms with Crippen LogP contribution >= 0.6 is 0 Å². The summed E-state index contributed by atoms with van der Waals surface area (Å²) in [5, 5.41) is 8.97. The molecule has 1 saturated carbocycles. The van der Waals surface area contributed by atoms with Crippen molar-refractivity contribution in [3.63, 3.8) is 0 Å². The van der Waals surface area contributed by atoms with Crippen molar-refractivity contribution in [1.29, 1.82) is 0 Å². The zero-order valence-electron chi connectivity index (χ0n) is 12.3. The second-order valence-corrected chi connectivity index (χ2v) is 5.49. The van der Waals surface area contributed by atoms with E-state index in [1.807, 2.05) is 0 Å². The van der Waals surface area contributed by atoms with E-state index in [4.69, 9.17) is 5.11 Å². The number of halogens is 3. The standard InChI is InChI=1S/C15H16F3NO4/c1-19(13(20)9-5-6-10(7-9)14(21)22)11-3-2-4-12(8-11)23-15(16,17)18/h2-4,8-10H,5-7H2,1H3,(H,21,22)/t9-,10+/m1/s1. The number of ether oxygens (including phenoxy) is 1. The normalized spacial score (nSPS) is 21.0. The smallest absolute Gasteiger partial charge is 0.481 e. The largest absolute Gasteiger partial charge is 0.573 e. The van der Waals surface area contributed by atoms with Crippen LogP contribution in [0.2, 0.25) is 0 Å². The minimum atomic E-state index is -4.80. The Hall–Kier alpha value is -2.25. The van der Waals surface area contributed by atoms with Crippen LogP contribution in [0.4, 0.5) is 18.9 Å². The fourth-order valence-corrected chi connectivity index (χ4v) is 2.72. The molecule has 0 heterocycles. The number of benzene rings is 1. The van der Waals surface area contributed by atoms with Crippen molar-refractivity contribution in [2.24, 2.45) is 11.8 Å². The predicted molar refractivity (Wildman–Crippen MR) is 75.0 cm³/mol. The van der Waals surface area contributed by atoms with Crippen LogP contribution in [0.5, 0.6) is 5.75 Å².